The van der Waals surface area contributed by atoms with Gasteiger partial charge in [0, 0.05) is 6.42 Å². The van der Waals surface area contributed by atoms with Gasteiger partial charge >= 0.3 is 5.97 Å². The first kappa shape index (κ1) is 13.7. The van der Waals surface area contributed by atoms with Crippen LogP contribution >= 0.6 is 0 Å². The van der Waals surface area contributed by atoms with E-state index in [0.717, 1.165) is 5.56 Å². The van der Waals surface area contributed by atoms with Gasteiger partial charge in [0.25, 0.3) is 0 Å². The number of carboxylic acid groups (broad SMARTS) is 1. The molecule has 0 fully saturated rings. The number of aliphatic hydroxyl groups is 1. The molecule has 3 N–H and O–H groups in total. The van der Waals surface area contributed by atoms with Gasteiger partial charge in [-0.05, 0) is 25.5 Å². The summed E-state index contributed by atoms with van der Waals surface area (Å²) in [6, 6.07) is 9.65. The summed E-state index contributed by atoms with van der Waals surface area (Å²) < 4.78 is 0. The van der Waals surface area contributed by atoms with E-state index >= 15 is 0 Å². The highest BCUT2D eigenvalue weighted by Crippen LogP contribution is 2.19. The molecule has 0 aliphatic rings. The first-order valence-electron chi connectivity index (χ1n) is 5.72. The van der Waals surface area contributed by atoms with Crippen LogP contribution in [0.2, 0.25) is 0 Å². The zero-order valence-corrected chi connectivity index (χ0v) is 10.0. The second kappa shape index (κ2) is 6.37. The van der Waals surface area contributed by atoms with Crippen LogP contribution in [-0.2, 0) is 10.3 Å². The standard InChI is InChI=1S/C13H19NO3/c1-13(10-15,11-6-3-2-4-7-11)14-9-5-8-12(16)17/h2-4,6-7,14-15H,5,8-10H2,1H3,(H,16,17). The monoisotopic (exact) mass is 237 g/mol. The summed E-state index contributed by atoms with van der Waals surface area (Å²) in [5.41, 5.74) is 0.484. The molecule has 1 aromatic rings. The van der Waals surface area contributed by atoms with Crippen molar-refractivity contribution >= 4 is 5.97 Å². The summed E-state index contributed by atoms with van der Waals surface area (Å²) >= 11 is 0. The predicted molar refractivity (Wildman–Crippen MR) is 65.8 cm³/mol. The van der Waals surface area contributed by atoms with E-state index < -0.39 is 11.5 Å². The van der Waals surface area contributed by atoms with Gasteiger partial charge in [-0.2, -0.15) is 0 Å². The maximum Gasteiger partial charge on any atom is 0.303 e. The lowest BCUT2D eigenvalue weighted by atomic mass is 9.93. The highest BCUT2D eigenvalue weighted by molar-refractivity contribution is 5.66. The van der Waals surface area contributed by atoms with Crippen molar-refractivity contribution in [2.24, 2.45) is 0 Å². The van der Waals surface area contributed by atoms with Crippen LogP contribution in [0.25, 0.3) is 0 Å². The van der Waals surface area contributed by atoms with Crippen LogP contribution in [0.1, 0.15) is 25.3 Å². The van der Waals surface area contributed by atoms with E-state index in [1.807, 2.05) is 37.3 Å². The molecular weight excluding hydrogens is 218 g/mol. The zero-order chi connectivity index (χ0) is 12.7. The van der Waals surface area contributed by atoms with E-state index in [1.54, 1.807) is 0 Å². The summed E-state index contributed by atoms with van der Waals surface area (Å²) in [7, 11) is 0. The van der Waals surface area contributed by atoms with Gasteiger partial charge in [0.2, 0.25) is 0 Å². The van der Waals surface area contributed by atoms with Crippen LogP contribution in [0.15, 0.2) is 30.3 Å². The van der Waals surface area contributed by atoms with Gasteiger partial charge in [-0.1, -0.05) is 30.3 Å². The number of nitrogens with one attached hydrogen (secondary N) is 1. The van der Waals surface area contributed by atoms with Crippen LogP contribution < -0.4 is 5.32 Å². The van der Waals surface area contributed by atoms with Gasteiger partial charge in [-0.15, -0.1) is 0 Å². The van der Waals surface area contributed by atoms with Gasteiger partial charge in [-0.25, -0.2) is 0 Å². The van der Waals surface area contributed by atoms with E-state index in [4.69, 9.17) is 5.11 Å². The first-order valence-corrected chi connectivity index (χ1v) is 5.72. The molecule has 4 nitrogen and oxygen atoms in total. The van der Waals surface area contributed by atoms with Crippen molar-refractivity contribution in [1.29, 1.82) is 0 Å². The lowest BCUT2D eigenvalue weighted by Crippen LogP contribution is -2.43. The Morgan fingerprint density at radius 1 is 1.35 bits per heavy atom. The molecular formula is C13H19NO3. The topological polar surface area (TPSA) is 69.6 Å². The molecule has 0 spiro atoms. The van der Waals surface area contributed by atoms with Crippen molar-refractivity contribution in [3.63, 3.8) is 0 Å². The van der Waals surface area contributed by atoms with Crippen molar-refractivity contribution in [3.8, 4) is 0 Å². The number of rotatable bonds is 7. The smallest absolute Gasteiger partial charge is 0.303 e. The minimum absolute atomic E-state index is 0.0237. The third-order valence-electron chi connectivity index (χ3n) is 2.81. The van der Waals surface area contributed by atoms with Crippen LogP contribution in [-0.4, -0.2) is 29.3 Å². The van der Waals surface area contributed by atoms with Crippen LogP contribution in [0.5, 0.6) is 0 Å². The van der Waals surface area contributed by atoms with Crippen LogP contribution in [0.4, 0.5) is 0 Å². The summed E-state index contributed by atoms with van der Waals surface area (Å²) in [5.74, 6) is -0.794. The molecule has 0 heterocycles. The van der Waals surface area contributed by atoms with Gasteiger partial charge in [0.05, 0.1) is 12.1 Å². The SMILES string of the molecule is CC(CO)(NCCCC(=O)O)c1ccccc1. The molecule has 0 saturated heterocycles. The molecule has 4 heteroatoms. The lowest BCUT2D eigenvalue weighted by Gasteiger charge is -2.29. The summed E-state index contributed by atoms with van der Waals surface area (Å²) in [6.45, 7) is 2.45. The largest absolute Gasteiger partial charge is 0.481 e. The number of aliphatic hydroxyl groups excluding tert-OH is 1. The zero-order valence-electron chi connectivity index (χ0n) is 10.0. The maximum atomic E-state index is 10.4. The average molecular weight is 237 g/mol. The summed E-state index contributed by atoms with van der Waals surface area (Å²) in [6.07, 6.45) is 0.695. The van der Waals surface area contributed by atoms with Crippen molar-refractivity contribution in [1.82, 2.24) is 5.32 Å². The lowest BCUT2D eigenvalue weighted by molar-refractivity contribution is -0.137. The van der Waals surface area contributed by atoms with Gasteiger partial charge in [0.1, 0.15) is 0 Å². The van der Waals surface area contributed by atoms with Crippen molar-refractivity contribution in [2.45, 2.75) is 25.3 Å². The first-order chi connectivity index (χ1) is 8.08. The number of aliphatic carboxylic acids is 1. The van der Waals surface area contributed by atoms with Crippen LogP contribution in [0.3, 0.4) is 0 Å². The summed E-state index contributed by atoms with van der Waals surface area (Å²) in [5, 5.41) is 21.2. The highest BCUT2D eigenvalue weighted by atomic mass is 16.4. The number of hydrogen-bond donors (Lipinski definition) is 3. The second-order valence-electron chi connectivity index (χ2n) is 4.28. The van der Waals surface area contributed by atoms with Crippen LogP contribution in [0, 0.1) is 0 Å². The molecule has 0 bridgehead atoms. The molecule has 0 saturated carbocycles. The van der Waals surface area contributed by atoms with E-state index in [2.05, 4.69) is 5.32 Å². The van der Waals surface area contributed by atoms with Crippen molar-refractivity contribution in [2.75, 3.05) is 13.2 Å². The minimum atomic E-state index is -0.794. The van der Waals surface area contributed by atoms with Gasteiger partial charge in [0.15, 0.2) is 0 Å². The fourth-order valence-electron chi connectivity index (χ4n) is 1.66. The van der Waals surface area contributed by atoms with E-state index in [0.29, 0.717) is 13.0 Å². The molecule has 17 heavy (non-hydrogen) atoms. The van der Waals surface area contributed by atoms with E-state index in [1.165, 1.54) is 0 Å². The number of benzene rings is 1. The average Bonchev–Trinajstić information content (AvgIpc) is 2.35. The fourth-order valence-corrected chi connectivity index (χ4v) is 1.66. The van der Waals surface area contributed by atoms with Crippen molar-refractivity contribution < 1.29 is 15.0 Å². The Kier molecular flexibility index (Phi) is 5.12. The van der Waals surface area contributed by atoms with Gasteiger partial charge < -0.3 is 15.5 Å². The Morgan fingerprint density at radius 2 is 2.00 bits per heavy atom. The Hall–Kier alpha value is -1.39. The third kappa shape index (κ3) is 4.17. The molecule has 0 aliphatic heterocycles. The molecule has 0 amide bonds. The molecule has 0 aliphatic carbocycles. The second-order valence-corrected chi connectivity index (χ2v) is 4.28. The predicted octanol–water partition coefficient (Wildman–Crippen LogP) is 1.35. The highest BCUT2D eigenvalue weighted by Gasteiger charge is 2.24. The molecule has 1 aromatic carbocycles. The normalized spacial score (nSPS) is 14.2. The fraction of sp³-hybridized carbons (Fsp3) is 0.462. The number of carboxylic acids is 1. The Bertz CT molecular complexity index is 353. The van der Waals surface area contributed by atoms with E-state index in [9.17, 15) is 9.90 Å². The molecule has 94 valence electrons. The quantitative estimate of drug-likeness (QED) is 0.626. The molecule has 0 radical (unpaired) electrons. The summed E-state index contributed by atoms with van der Waals surface area (Å²) in [4.78, 5) is 10.4. The van der Waals surface area contributed by atoms with Crippen molar-refractivity contribution in [3.05, 3.63) is 35.9 Å². The third-order valence-corrected chi connectivity index (χ3v) is 2.81. The maximum absolute atomic E-state index is 10.4. The molecule has 0 aromatic heterocycles. The minimum Gasteiger partial charge on any atom is -0.481 e. The van der Waals surface area contributed by atoms with E-state index in [-0.39, 0.29) is 13.0 Å². The Balaban J connectivity index is 2.54. The molecule has 1 rings (SSSR count). The molecule has 1 atom stereocenters. The van der Waals surface area contributed by atoms with Gasteiger partial charge in [-0.3, -0.25) is 4.79 Å². The Morgan fingerprint density at radius 3 is 2.53 bits per heavy atom. The number of carbonyl (C=O) groups is 1. The molecule has 1 unspecified atom stereocenters. The number of hydrogen-bond acceptors (Lipinski definition) is 3. The Labute approximate surface area is 101 Å².